The van der Waals surface area contributed by atoms with E-state index in [0.717, 1.165) is 37.1 Å². The molecule has 52 heavy (non-hydrogen) atoms. The average Bonchev–Trinajstić information content (AvgIpc) is 3.15. The molecule has 1 fully saturated rings. The van der Waals surface area contributed by atoms with Crippen LogP contribution in [-0.4, -0.2) is 41.7 Å². The van der Waals surface area contributed by atoms with E-state index in [4.69, 9.17) is 9.47 Å². The van der Waals surface area contributed by atoms with Crippen molar-refractivity contribution in [3.63, 3.8) is 0 Å². The van der Waals surface area contributed by atoms with Gasteiger partial charge in [-0.3, -0.25) is 4.79 Å². The number of halogens is 5. The van der Waals surface area contributed by atoms with Crippen LogP contribution in [0.15, 0.2) is 48.5 Å². The van der Waals surface area contributed by atoms with Gasteiger partial charge in [0.1, 0.15) is 5.56 Å². The first kappa shape index (κ1) is 41.4. The van der Waals surface area contributed by atoms with Crippen molar-refractivity contribution >= 4 is 11.6 Å². The summed E-state index contributed by atoms with van der Waals surface area (Å²) in [5.41, 5.74) is 0.650. The first-order valence-corrected chi connectivity index (χ1v) is 18.8. The van der Waals surface area contributed by atoms with Gasteiger partial charge in [-0.15, -0.1) is 0 Å². The lowest BCUT2D eigenvalue weighted by Gasteiger charge is -2.38. The second-order valence-electron chi connectivity index (χ2n) is 13.7. The van der Waals surface area contributed by atoms with Crippen LogP contribution >= 0.6 is 0 Å². The Bertz CT molecular complexity index is 1510. The van der Waals surface area contributed by atoms with Crippen LogP contribution < -0.4 is 5.32 Å². The molecule has 0 aliphatic carbocycles. The Hall–Kier alpha value is -3.38. The molecule has 286 valence electrons. The van der Waals surface area contributed by atoms with Crippen LogP contribution in [0.3, 0.4) is 0 Å². The number of carbonyl (C=O) groups is 1. The summed E-state index contributed by atoms with van der Waals surface area (Å²) in [5, 5.41) is 11.8. The van der Waals surface area contributed by atoms with E-state index in [1.807, 2.05) is 24.3 Å². The average molecular weight is 733 g/mol. The molecular weight excluding hydrogens is 679 g/mol. The summed E-state index contributed by atoms with van der Waals surface area (Å²) in [5.74, 6) is -12.7. The van der Waals surface area contributed by atoms with Crippen molar-refractivity contribution < 1.29 is 41.3 Å². The Balaban J connectivity index is 1.53. The first-order valence-electron chi connectivity index (χ1n) is 18.8. The molecule has 3 aromatic carbocycles. The smallest absolute Gasteiger partial charge is 0.261 e. The molecule has 4 rings (SSSR count). The van der Waals surface area contributed by atoms with Crippen LogP contribution in [0.5, 0.6) is 0 Å². The largest absolute Gasteiger partial charge is 0.392 e. The summed E-state index contributed by atoms with van der Waals surface area (Å²) < 4.78 is 83.0. The third kappa shape index (κ3) is 11.8. The van der Waals surface area contributed by atoms with E-state index in [-0.39, 0.29) is 24.5 Å². The zero-order valence-corrected chi connectivity index (χ0v) is 30.4. The minimum atomic E-state index is -2.34. The topological polar surface area (TPSA) is 71.0 Å². The highest BCUT2D eigenvalue weighted by atomic mass is 19.2. The summed E-state index contributed by atoms with van der Waals surface area (Å²) in [7, 11) is 0. The van der Waals surface area contributed by atoms with Gasteiger partial charge in [-0.25, -0.2) is 22.0 Å². The number of nitrogens with one attached hydrogen (secondary N) is 1. The van der Waals surface area contributed by atoms with Gasteiger partial charge in [0.2, 0.25) is 5.82 Å². The van der Waals surface area contributed by atoms with Crippen molar-refractivity contribution in [3.8, 4) is 0 Å². The van der Waals surface area contributed by atoms with Crippen LogP contribution in [0.4, 0.5) is 27.6 Å². The minimum Gasteiger partial charge on any atom is -0.392 e. The Kier molecular flexibility index (Phi) is 17.0. The van der Waals surface area contributed by atoms with Gasteiger partial charge in [0.15, 0.2) is 29.6 Å². The molecule has 0 aromatic heterocycles. The molecule has 1 aliphatic rings. The number of rotatable bonds is 21. The van der Waals surface area contributed by atoms with Crippen LogP contribution in [0, 0.1) is 29.1 Å². The van der Waals surface area contributed by atoms with Gasteiger partial charge < -0.3 is 24.8 Å². The predicted octanol–water partition coefficient (Wildman–Crippen LogP) is 10.7. The third-order valence-electron chi connectivity index (χ3n) is 9.59. The normalized spacial score (nSPS) is 17.5. The maximum atomic E-state index is 14.4. The fourth-order valence-corrected chi connectivity index (χ4v) is 6.61. The fraction of sp³-hybridized carbons (Fsp3) is 0.537. The van der Waals surface area contributed by atoms with Gasteiger partial charge in [0.05, 0.1) is 18.8 Å². The first-order chi connectivity index (χ1) is 25.2. The Morgan fingerprint density at radius 1 is 0.731 bits per heavy atom. The van der Waals surface area contributed by atoms with E-state index in [1.165, 1.54) is 76.3 Å². The van der Waals surface area contributed by atoms with Crippen molar-refractivity contribution in [2.45, 2.75) is 122 Å². The predicted molar refractivity (Wildman–Crippen MR) is 192 cm³/mol. The van der Waals surface area contributed by atoms with Crippen molar-refractivity contribution in [2.24, 2.45) is 0 Å². The molecule has 3 aromatic rings. The van der Waals surface area contributed by atoms with E-state index in [0.29, 0.717) is 18.5 Å². The van der Waals surface area contributed by atoms with E-state index in [1.54, 1.807) is 12.1 Å². The third-order valence-corrected chi connectivity index (χ3v) is 9.59. The number of aliphatic hydroxyl groups is 1. The molecule has 0 bridgehead atoms. The maximum absolute atomic E-state index is 14.4. The molecule has 3 atom stereocenters. The Labute approximate surface area is 304 Å². The Morgan fingerprint density at radius 2 is 1.29 bits per heavy atom. The van der Waals surface area contributed by atoms with Gasteiger partial charge >= 0.3 is 0 Å². The number of anilines is 1. The number of benzene rings is 3. The molecule has 0 radical (unpaired) electrons. The van der Waals surface area contributed by atoms with Gasteiger partial charge in [0, 0.05) is 24.2 Å². The number of nitrogens with zero attached hydrogens (tertiary/aromatic N) is 1. The molecule has 2 N–H and O–H groups in total. The summed E-state index contributed by atoms with van der Waals surface area (Å²) in [6.45, 7) is 6.94. The van der Waals surface area contributed by atoms with Crippen molar-refractivity contribution in [3.05, 3.63) is 99.9 Å². The summed E-state index contributed by atoms with van der Waals surface area (Å²) >= 11 is 0. The highest BCUT2D eigenvalue weighted by Crippen LogP contribution is 2.39. The summed E-state index contributed by atoms with van der Waals surface area (Å²) in [6, 6.07) is 13.7. The summed E-state index contributed by atoms with van der Waals surface area (Å²) in [4.78, 5) is 15.3. The SMILES string of the molecule is CCCCCCCCN(CCCCCCCC)C[C@@H]1C[C@H](c2ccc(CO)cc2)O[C@H](c2cccc(NC(=O)c3c(F)c(F)c(F)c(F)c3F)c2)O1. The second-order valence-corrected chi connectivity index (χ2v) is 13.7. The van der Waals surface area contributed by atoms with Crippen LogP contribution in [-0.2, 0) is 16.1 Å². The zero-order chi connectivity index (χ0) is 37.5. The van der Waals surface area contributed by atoms with E-state index < -0.39 is 46.8 Å². The molecule has 1 amide bonds. The molecule has 11 heteroatoms. The van der Waals surface area contributed by atoms with E-state index >= 15 is 0 Å². The lowest BCUT2D eigenvalue weighted by molar-refractivity contribution is -0.253. The second kappa shape index (κ2) is 21.4. The highest BCUT2D eigenvalue weighted by molar-refractivity contribution is 6.04. The quantitative estimate of drug-likeness (QED) is 0.0494. The molecule has 0 saturated carbocycles. The molecule has 1 aliphatic heterocycles. The maximum Gasteiger partial charge on any atom is 0.261 e. The number of amides is 1. The minimum absolute atomic E-state index is 0.0531. The van der Waals surface area contributed by atoms with Gasteiger partial charge in [-0.1, -0.05) is 114 Å². The van der Waals surface area contributed by atoms with Gasteiger partial charge in [0.25, 0.3) is 5.91 Å². The molecule has 1 heterocycles. The number of hydrogen-bond donors (Lipinski definition) is 2. The van der Waals surface area contributed by atoms with Crippen LogP contribution in [0.2, 0.25) is 0 Å². The van der Waals surface area contributed by atoms with Gasteiger partial charge in [-0.2, -0.15) is 0 Å². The number of ether oxygens (including phenoxy) is 2. The highest BCUT2D eigenvalue weighted by Gasteiger charge is 2.34. The standard InChI is InChI=1S/C41H53F5N2O4/c1-3-5-7-9-11-13-22-48(23-14-12-10-8-6-4-2)26-32-25-33(29-20-18-28(27-49)19-21-29)52-41(51-32)30-16-15-17-31(24-30)47-40(50)34-35(42)37(44)39(46)38(45)36(34)43/h15-21,24,32-33,41,49H,3-14,22-23,25-27H2,1-2H3,(H,47,50)/t32-,33+,41+/m0/s1. The van der Waals surface area contributed by atoms with Gasteiger partial charge in [-0.05, 0) is 49.2 Å². The fourth-order valence-electron chi connectivity index (χ4n) is 6.61. The lowest BCUT2D eigenvalue weighted by Crippen LogP contribution is -2.40. The molecular formula is C41H53F5N2O4. The van der Waals surface area contributed by atoms with Crippen LogP contribution in [0.25, 0.3) is 0 Å². The summed E-state index contributed by atoms with van der Waals surface area (Å²) in [6.07, 6.45) is 13.5. The monoisotopic (exact) mass is 732 g/mol. The number of unbranched alkanes of at least 4 members (excludes halogenated alkanes) is 10. The number of hydrogen-bond acceptors (Lipinski definition) is 5. The van der Waals surface area contributed by atoms with Crippen LogP contribution in [0.1, 0.15) is 137 Å². The van der Waals surface area contributed by atoms with E-state index in [2.05, 4.69) is 24.1 Å². The number of carbonyl (C=O) groups excluding carboxylic acids is 1. The van der Waals surface area contributed by atoms with Crippen molar-refractivity contribution in [1.82, 2.24) is 4.90 Å². The van der Waals surface area contributed by atoms with Crippen molar-refractivity contribution in [1.29, 1.82) is 0 Å². The zero-order valence-electron chi connectivity index (χ0n) is 30.4. The molecule has 6 nitrogen and oxygen atoms in total. The molecule has 0 spiro atoms. The van der Waals surface area contributed by atoms with E-state index in [9.17, 15) is 31.9 Å². The molecule has 1 saturated heterocycles. The lowest BCUT2D eigenvalue weighted by atomic mass is 9.99. The molecule has 0 unspecified atom stereocenters. The Morgan fingerprint density at radius 3 is 1.87 bits per heavy atom. The van der Waals surface area contributed by atoms with Crippen molar-refractivity contribution in [2.75, 3.05) is 25.0 Å². The number of aliphatic hydroxyl groups excluding tert-OH is 1.